The number of H-pyrrole nitrogens is 1. The van der Waals surface area contributed by atoms with Gasteiger partial charge in [0.2, 0.25) is 0 Å². The van der Waals surface area contributed by atoms with Gasteiger partial charge in [-0.3, -0.25) is 4.79 Å². The van der Waals surface area contributed by atoms with Crippen molar-refractivity contribution in [1.29, 1.82) is 0 Å². The summed E-state index contributed by atoms with van der Waals surface area (Å²) in [5.74, 6) is -0.177. The molecule has 148 valence electrons. The maximum atomic E-state index is 12.8. The van der Waals surface area contributed by atoms with E-state index in [0.717, 1.165) is 45.8 Å². The second-order valence-electron chi connectivity index (χ2n) is 7.14. The first-order chi connectivity index (χ1) is 14.0. The van der Waals surface area contributed by atoms with Crippen molar-refractivity contribution in [2.45, 2.75) is 26.7 Å². The number of carbonyl (C=O) groups is 1. The van der Waals surface area contributed by atoms with Crippen LogP contribution < -0.4 is 5.32 Å². The fourth-order valence-corrected chi connectivity index (χ4v) is 3.80. The van der Waals surface area contributed by atoms with Crippen LogP contribution in [0.4, 0.5) is 0 Å². The van der Waals surface area contributed by atoms with Crippen molar-refractivity contribution in [2.24, 2.45) is 0 Å². The minimum atomic E-state index is -0.177. The zero-order valence-electron chi connectivity index (χ0n) is 16.3. The van der Waals surface area contributed by atoms with Gasteiger partial charge in [0.25, 0.3) is 5.91 Å². The first kappa shape index (κ1) is 19.7. The van der Waals surface area contributed by atoms with Crippen molar-refractivity contribution in [3.63, 3.8) is 0 Å². The molecule has 0 unspecified atom stereocenters. The van der Waals surface area contributed by atoms with E-state index in [-0.39, 0.29) is 5.91 Å². The molecular weight excluding hydrogens is 405 g/mol. The Hall–Kier alpha value is -2.56. The van der Waals surface area contributed by atoms with E-state index in [1.54, 1.807) is 12.1 Å². The molecule has 2 heterocycles. The van der Waals surface area contributed by atoms with E-state index in [9.17, 15) is 4.79 Å². The number of aromatic amines is 1. The van der Waals surface area contributed by atoms with Gasteiger partial charge in [0.15, 0.2) is 0 Å². The number of hydrogen-bond donors (Lipinski definition) is 2. The van der Waals surface area contributed by atoms with Gasteiger partial charge < -0.3 is 10.3 Å². The van der Waals surface area contributed by atoms with Crippen LogP contribution in [0.3, 0.4) is 0 Å². The van der Waals surface area contributed by atoms with Crippen LogP contribution in [-0.2, 0) is 0 Å². The average molecular weight is 426 g/mol. The Bertz CT molecular complexity index is 1230. The van der Waals surface area contributed by atoms with Gasteiger partial charge in [-0.25, -0.2) is 4.98 Å². The third-order valence-electron chi connectivity index (χ3n) is 5.07. The number of pyridine rings is 1. The highest BCUT2D eigenvalue weighted by Crippen LogP contribution is 2.35. The molecule has 2 aromatic heterocycles. The first-order valence-electron chi connectivity index (χ1n) is 9.65. The summed E-state index contributed by atoms with van der Waals surface area (Å²) in [6.45, 7) is 4.78. The topological polar surface area (TPSA) is 57.8 Å². The Kier molecular flexibility index (Phi) is 5.48. The van der Waals surface area contributed by atoms with Gasteiger partial charge in [-0.15, -0.1) is 0 Å². The average Bonchev–Trinajstić information content (AvgIpc) is 3.10. The Morgan fingerprint density at radius 3 is 2.66 bits per heavy atom. The molecular formula is C23H21Cl2N3O. The van der Waals surface area contributed by atoms with Crippen molar-refractivity contribution < 1.29 is 4.79 Å². The standard InChI is InChI=1S/C23H21Cl2N3O/c1-3-4-10-26-23(29)19-12-16-15-7-5-6-13(2)20(15)28-22(16)21(27-19)14-8-9-17(24)18(25)11-14/h5-9,11-12,28H,3-4,10H2,1-2H3,(H,26,29). The molecule has 4 nitrogen and oxygen atoms in total. The predicted molar refractivity (Wildman–Crippen MR) is 121 cm³/mol. The van der Waals surface area contributed by atoms with Crippen LogP contribution in [0.2, 0.25) is 10.0 Å². The van der Waals surface area contributed by atoms with Crippen LogP contribution in [-0.4, -0.2) is 22.4 Å². The van der Waals surface area contributed by atoms with Crippen molar-refractivity contribution in [1.82, 2.24) is 15.3 Å². The molecule has 6 heteroatoms. The zero-order valence-corrected chi connectivity index (χ0v) is 17.8. The molecule has 0 saturated heterocycles. The van der Waals surface area contributed by atoms with E-state index in [1.165, 1.54) is 0 Å². The number of nitrogens with one attached hydrogen (secondary N) is 2. The number of amides is 1. The molecule has 2 aromatic carbocycles. The van der Waals surface area contributed by atoms with Gasteiger partial charge >= 0.3 is 0 Å². The normalized spacial score (nSPS) is 11.3. The maximum absolute atomic E-state index is 12.8. The molecule has 29 heavy (non-hydrogen) atoms. The van der Waals surface area contributed by atoms with Crippen molar-refractivity contribution >= 4 is 50.9 Å². The van der Waals surface area contributed by atoms with Crippen LogP contribution in [0, 0.1) is 6.92 Å². The number of para-hydroxylation sites is 1. The molecule has 0 aliphatic rings. The van der Waals surface area contributed by atoms with Gasteiger partial charge in [0.05, 0.1) is 21.3 Å². The molecule has 0 fully saturated rings. The highest BCUT2D eigenvalue weighted by Gasteiger charge is 2.18. The summed E-state index contributed by atoms with van der Waals surface area (Å²) in [5.41, 5.74) is 4.91. The number of hydrogen-bond acceptors (Lipinski definition) is 2. The smallest absolute Gasteiger partial charge is 0.269 e. The highest BCUT2D eigenvalue weighted by molar-refractivity contribution is 6.42. The minimum absolute atomic E-state index is 0.177. The Labute approximate surface area is 179 Å². The van der Waals surface area contributed by atoms with Gasteiger partial charge in [0, 0.05) is 28.4 Å². The SMILES string of the molecule is CCCCNC(=O)c1cc2c([nH]c3c(C)cccc32)c(-c2ccc(Cl)c(Cl)c2)n1. The fourth-order valence-electron chi connectivity index (χ4n) is 3.51. The van der Waals surface area contributed by atoms with Crippen LogP contribution in [0.5, 0.6) is 0 Å². The van der Waals surface area contributed by atoms with E-state index in [1.807, 2.05) is 18.2 Å². The summed E-state index contributed by atoms with van der Waals surface area (Å²) in [7, 11) is 0. The van der Waals surface area contributed by atoms with Crippen LogP contribution in [0.15, 0.2) is 42.5 Å². The number of nitrogens with zero attached hydrogens (tertiary/aromatic N) is 1. The molecule has 2 N–H and O–H groups in total. The summed E-state index contributed by atoms with van der Waals surface area (Å²) < 4.78 is 0. The van der Waals surface area contributed by atoms with Gasteiger partial charge in [-0.1, -0.05) is 60.8 Å². The molecule has 0 aliphatic carbocycles. The molecule has 0 atom stereocenters. The maximum Gasteiger partial charge on any atom is 0.269 e. The molecule has 0 spiro atoms. The lowest BCUT2D eigenvalue weighted by Gasteiger charge is -2.09. The number of carbonyl (C=O) groups excluding carboxylic acids is 1. The summed E-state index contributed by atoms with van der Waals surface area (Å²) in [4.78, 5) is 21.0. The lowest BCUT2D eigenvalue weighted by Crippen LogP contribution is -2.25. The van der Waals surface area contributed by atoms with E-state index in [4.69, 9.17) is 28.2 Å². The summed E-state index contributed by atoms with van der Waals surface area (Å²) in [6, 6.07) is 13.4. The van der Waals surface area contributed by atoms with Gasteiger partial charge in [-0.2, -0.15) is 0 Å². The second-order valence-corrected chi connectivity index (χ2v) is 7.95. The van der Waals surface area contributed by atoms with Crippen LogP contribution in [0.1, 0.15) is 35.8 Å². The highest BCUT2D eigenvalue weighted by atomic mass is 35.5. The van der Waals surface area contributed by atoms with Crippen LogP contribution >= 0.6 is 23.2 Å². The van der Waals surface area contributed by atoms with Crippen molar-refractivity contribution in [3.05, 3.63) is 63.8 Å². The summed E-state index contributed by atoms with van der Waals surface area (Å²) in [5, 5.41) is 5.90. The fraction of sp³-hybridized carbons (Fsp3) is 0.217. The first-order valence-corrected chi connectivity index (χ1v) is 10.4. The van der Waals surface area contributed by atoms with E-state index >= 15 is 0 Å². The molecule has 0 aliphatic heterocycles. The molecule has 4 rings (SSSR count). The lowest BCUT2D eigenvalue weighted by molar-refractivity contribution is 0.0948. The Morgan fingerprint density at radius 2 is 1.90 bits per heavy atom. The van der Waals surface area contributed by atoms with E-state index in [0.29, 0.717) is 28.0 Å². The van der Waals surface area contributed by atoms with Gasteiger partial charge in [-0.05, 0) is 37.1 Å². The zero-order chi connectivity index (χ0) is 20.5. The van der Waals surface area contributed by atoms with Gasteiger partial charge in [0.1, 0.15) is 5.69 Å². The third kappa shape index (κ3) is 3.70. The van der Waals surface area contributed by atoms with Crippen molar-refractivity contribution in [3.8, 4) is 11.3 Å². The number of halogens is 2. The number of rotatable bonds is 5. The molecule has 1 amide bonds. The molecule has 0 saturated carbocycles. The number of aromatic nitrogens is 2. The lowest BCUT2D eigenvalue weighted by atomic mass is 10.1. The Balaban J connectivity index is 1.96. The predicted octanol–water partition coefficient (Wildman–Crippen LogP) is 6.53. The summed E-state index contributed by atoms with van der Waals surface area (Å²) in [6.07, 6.45) is 1.95. The largest absolute Gasteiger partial charge is 0.353 e. The second kappa shape index (κ2) is 8.05. The van der Waals surface area contributed by atoms with E-state index < -0.39 is 0 Å². The van der Waals surface area contributed by atoms with Crippen LogP contribution in [0.25, 0.3) is 33.1 Å². The molecule has 4 aromatic rings. The number of fused-ring (bicyclic) bond motifs is 3. The minimum Gasteiger partial charge on any atom is -0.353 e. The molecule has 0 radical (unpaired) electrons. The monoisotopic (exact) mass is 425 g/mol. The number of aryl methyl sites for hydroxylation is 1. The quantitative estimate of drug-likeness (QED) is 0.357. The Morgan fingerprint density at radius 1 is 1.07 bits per heavy atom. The summed E-state index contributed by atoms with van der Waals surface area (Å²) >= 11 is 12.4. The third-order valence-corrected chi connectivity index (χ3v) is 5.81. The number of benzene rings is 2. The number of unbranched alkanes of at least 4 members (excludes halogenated alkanes) is 1. The molecule has 0 bridgehead atoms. The van der Waals surface area contributed by atoms with Crippen molar-refractivity contribution in [2.75, 3.05) is 6.54 Å². The van der Waals surface area contributed by atoms with E-state index in [2.05, 4.69) is 36.3 Å².